The quantitative estimate of drug-likeness (QED) is 0.348. The highest BCUT2D eigenvalue weighted by Crippen LogP contribution is 2.20. The van der Waals surface area contributed by atoms with Gasteiger partial charge in [0.1, 0.15) is 24.1 Å². The molecule has 0 aliphatic carbocycles. The average Bonchev–Trinajstić information content (AvgIpc) is 2.86. The number of nitrogens with one attached hydrogen (secondary N) is 2. The molecule has 0 fully saturated rings. The Balaban J connectivity index is 1.58. The van der Waals surface area contributed by atoms with E-state index in [1.165, 1.54) is 48.5 Å². The number of amides is 3. The number of ether oxygens (including phenoxy) is 2. The minimum absolute atomic E-state index is 0.0224. The number of hydrogen-bond acceptors (Lipinski definition) is 6. The molecule has 1 heterocycles. The summed E-state index contributed by atoms with van der Waals surface area (Å²) < 4.78 is 37.7. The van der Waals surface area contributed by atoms with Gasteiger partial charge in [-0.2, -0.15) is 0 Å². The number of aliphatic hydroxyl groups is 1. The van der Waals surface area contributed by atoms with E-state index in [0.717, 1.165) is 0 Å². The molecule has 3 rings (SSSR count). The van der Waals surface area contributed by atoms with Crippen molar-refractivity contribution in [2.24, 2.45) is 0 Å². The van der Waals surface area contributed by atoms with Crippen molar-refractivity contribution >= 4 is 40.3 Å². The summed E-state index contributed by atoms with van der Waals surface area (Å²) in [7, 11) is 1.47. The molecule has 1 atom stereocenters. The minimum Gasteiger partial charge on any atom is -0.447 e. The second kappa shape index (κ2) is 13.0. The highest BCUT2D eigenvalue weighted by molar-refractivity contribution is 6.31. The van der Waals surface area contributed by atoms with E-state index in [9.17, 15) is 18.4 Å². The Labute approximate surface area is 211 Å². The molecule has 192 valence electrons. The van der Waals surface area contributed by atoms with Gasteiger partial charge in [-0.25, -0.2) is 23.4 Å². The third-order valence-electron chi connectivity index (χ3n) is 5.20. The number of carbonyl (C=O) groups is 2. The normalized spacial score (nSPS) is 11.7. The summed E-state index contributed by atoms with van der Waals surface area (Å²) in [6, 6.07) is 8.69. The summed E-state index contributed by atoms with van der Waals surface area (Å²) in [4.78, 5) is 30.3. The second-order valence-corrected chi connectivity index (χ2v) is 8.10. The SMILES string of the molecule is CN(C(=O)NCc1cccc(F)c1Cl)[C@@H](COCCO)COC(=O)Nc1cc2cc(F)ccc2cn1. The Morgan fingerprint density at radius 3 is 2.75 bits per heavy atom. The van der Waals surface area contributed by atoms with Crippen molar-refractivity contribution < 1.29 is 33.0 Å². The number of rotatable bonds is 10. The van der Waals surface area contributed by atoms with E-state index in [4.69, 9.17) is 26.2 Å². The molecular formula is C24H25ClF2N4O5. The standard InChI is InChI=1S/C24H25ClF2N4O5/c1-31(23(33)29-12-16-3-2-4-20(27)22(16)25)19(13-35-8-7-32)14-36-24(34)30-21-10-17-9-18(26)6-5-15(17)11-28-21/h2-6,9-11,19,32H,7-8,12-14H2,1H3,(H,29,33)(H,28,30,34)/t19-/m0/s1. The molecule has 3 N–H and O–H groups in total. The first-order chi connectivity index (χ1) is 17.3. The van der Waals surface area contributed by atoms with Crippen molar-refractivity contribution in [3.63, 3.8) is 0 Å². The number of benzene rings is 2. The Morgan fingerprint density at radius 1 is 1.17 bits per heavy atom. The zero-order valence-electron chi connectivity index (χ0n) is 19.3. The Hall–Kier alpha value is -3.54. The van der Waals surface area contributed by atoms with Gasteiger partial charge in [0.2, 0.25) is 0 Å². The van der Waals surface area contributed by atoms with Gasteiger partial charge in [0.25, 0.3) is 0 Å². The molecule has 12 heteroatoms. The maximum atomic E-state index is 13.6. The van der Waals surface area contributed by atoms with Gasteiger partial charge in [-0.3, -0.25) is 5.32 Å². The summed E-state index contributed by atoms with van der Waals surface area (Å²) in [5.41, 5.74) is 0.393. The number of urea groups is 1. The maximum Gasteiger partial charge on any atom is 0.412 e. The molecule has 0 spiro atoms. The molecule has 0 radical (unpaired) electrons. The minimum atomic E-state index is -0.842. The average molecular weight is 523 g/mol. The number of pyridine rings is 1. The number of aromatic nitrogens is 1. The van der Waals surface area contributed by atoms with Gasteiger partial charge >= 0.3 is 12.1 Å². The lowest BCUT2D eigenvalue weighted by Crippen LogP contribution is -2.48. The molecule has 0 saturated heterocycles. The number of carbonyl (C=O) groups excluding carboxylic acids is 2. The summed E-state index contributed by atoms with van der Waals surface area (Å²) in [5.74, 6) is -0.865. The first kappa shape index (κ1) is 27.1. The Morgan fingerprint density at radius 2 is 1.97 bits per heavy atom. The molecule has 2 aromatic carbocycles. The number of likely N-dealkylation sites (N-methyl/N-ethyl adjacent to an activating group) is 1. The van der Waals surface area contributed by atoms with Crippen molar-refractivity contribution in [1.29, 1.82) is 0 Å². The fraction of sp³-hybridized carbons (Fsp3) is 0.292. The number of fused-ring (bicyclic) bond motifs is 1. The summed E-state index contributed by atoms with van der Waals surface area (Å²) in [6.45, 7) is -0.513. The fourth-order valence-corrected chi connectivity index (χ4v) is 3.39. The van der Waals surface area contributed by atoms with E-state index in [0.29, 0.717) is 16.3 Å². The van der Waals surface area contributed by atoms with Crippen LogP contribution in [0, 0.1) is 11.6 Å². The summed E-state index contributed by atoms with van der Waals surface area (Å²) in [6.07, 6.45) is 0.643. The van der Waals surface area contributed by atoms with E-state index in [1.54, 1.807) is 12.1 Å². The number of aliphatic hydroxyl groups excluding tert-OH is 1. The van der Waals surface area contributed by atoms with Crippen LogP contribution in [-0.4, -0.2) is 66.6 Å². The first-order valence-corrected chi connectivity index (χ1v) is 11.3. The number of halogens is 3. The molecule has 0 unspecified atom stereocenters. The topological polar surface area (TPSA) is 113 Å². The molecule has 0 aliphatic rings. The smallest absolute Gasteiger partial charge is 0.412 e. The van der Waals surface area contributed by atoms with Gasteiger partial charge in [0, 0.05) is 25.2 Å². The van der Waals surface area contributed by atoms with Crippen LogP contribution in [0.4, 0.5) is 24.2 Å². The predicted molar refractivity (Wildman–Crippen MR) is 130 cm³/mol. The monoisotopic (exact) mass is 522 g/mol. The second-order valence-electron chi connectivity index (χ2n) is 7.72. The van der Waals surface area contributed by atoms with Crippen LogP contribution in [0.5, 0.6) is 0 Å². The van der Waals surface area contributed by atoms with Crippen molar-refractivity contribution in [2.75, 3.05) is 38.8 Å². The largest absolute Gasteiger partial charge is 0.447 e. The van der Waals surface area contributed by atoms with E-state index in [-0.39, 0.29) is 43.8 Å². The molecule has 0 aliphatic heterocycles. The van der Waals surface area contributed by atoms with Gasteiger partial charge in [0.15, 0.2) is 0 Å². The molecule has 0 bridgehead atoms. The fourth-order valence-electron chi connectivity index (χ4n) is 3.19. The third-order valence-corrected chi connectivity index (χ3v) is 5.62. The van der Waals surface area contributed by atoms with E-state index < -0.39 is 29.8 Å². The third kappa shape index (κ3) is 7.48. The van der Waals surface area contributed by atoms with Crippen LogP contribution in [0.15, 0.2) is 48.7 Å². The lowest BCUT2D eigenvalue weighted by molar-refractivity contribution is 0.0328. The van der Waals surface area contributed by atoms with Crippen LogP contribution in [0.1, 0.15) is 5.56 Å². The number of hydrogen-bond donors (Lipinski definition) is 3. The van der Waals surface area contributed by atoms with Crippen molar-refractivity contribution in [1.82, 2.24) is 15.2 Å². The molecule has 36 heavy (non-hydrogen) atoms. The maximum absolute atomic E-state index is 13.6. The summed E-state index contributed by atoms with van der Waals surface area (Å²) in [5, 5.41) is 15.2. The van der Waals surface area contributed by atoms with Crippen molar-refractivity contribution in [2.45, 2.75) is 12.6 Å². The Kier molecular flexibility index (Phi) is 9.74. The van der Waals surface area contributed by atoms with Gasteiger partial charge in [-0.15, -0.1) is 0 Å². The van der Waals surface area contributed by atoms with Crippen LogP contribution in [0.3, 0.4) is 0 Å². The number of nitrogens with zero attached hydrogens (tertiary/aromatic N) is 2. The highest BCUT2D eigenvalue weighted by atomic mass is 35.5. The zero-order chi connectivity index (χ0) is 26.1. The molecule has 3 amide bonds. The van der Waals surface area contributed by atoms with Crippen molar-refractivity contribution in [3.8, 4) is 0 Å². The molecular weight excluding hydrogens is 498 g/mol. The molecule has 1 aromatic heterocycles. The predicted octanol–water partition coefficient (Wildman–Crippen LogP) is 3.93. The van der Waals surface area contributed by atoms with E-state index in [2.05, 4.69) is 15.6 Å². The number of anilines is 1. The molecule has 3 aromatic rings. The lowest BCUT2D eigenvalue weighted by atomic mass is 10.2. The van der Waals surface area contributed by atoms with Crippen LogP contribution in [0.25, 0.3) is 10.8 Å². The van der Waals surface area contributed by atoms with Gasteiger partial charge < -0.3 is 24.8 Å². The van der Waals surface area contributed by atoms with Crippen LogP contribution < -0.4 is 10.6 Å². The van der Waals surface area contributed by atoms with E-state index in [1.807, 2.05) is 0 Å². The van der Waals surface area contributed by atoms with E-state index >= 15 is 0 Å². The Bertz CT molecular complexity index is 1220. The van der Waals surface area contributed by atoms with Crippen LogP contribution in [0.2, 0.25) is 5.02 Å². The van der Waals surface area contributed by atoms with Crippen molar-refractivity contribution in [3.05, 3.63) is 70.9 Å². The van der Waals surface area contributed by atoms with Crippen LogP contribution in [-0.2, 0) is 16.0 Å². The van der Waals surface area contributed by atoms with Gasteiger partial charge in [0.05, 0.1) is 30.9 Å². The molecule has 9 nitrogen and oxygen atoms in total. The zero-order valence-corrected chi connectivity index (χ0v) is 20.1. The first-order valence-electron chi connectivity index (χ1n) is 10.9. The van der Waals surface area contributed by atoms with Gasteiger partial charge in [-0.05, 0) is 41.3 Å². The van der Waals surface area contributed by atoms with Gasteiger partial charge in [-0.1, -0.05) is 23.7 Å². The highest BCUT2D eigenvalue weighted by Gasteiger charge is 2.22. The lowest BCUT2D eigenvalue weighted by Gasteiger charge is -2.28. The summed E-state index contributed by atoms with van der Waals surface area (Å²) >= 11 is 5.92. The molecule has 0 saturated carbocycles. The van der Waals surface area contributed by atoms with Crippen LogP contribution >= 0.6 is 11.6 Å².